The molecule has 3 unspecified atom stereocenters. The molecule has 0 radical (unpaired) electrons. The number of Topliss-reactive ketones (excluding diaryl/α,β-unsaturated/α-hetero) is 1. The van der Waals surface area contributed by atoms with Crippen molar-refractivity contribution in [3.63, 3.8) is 0 Å². The number of ketones is 1. The van der Waals surface area contributed by atoms with E-state index in [1.165, 1.54) is 19.3 Å². The molecule has 2 nitrogen and oxygen atoms in total. The summed E-state index contributed by atoms with van der Waals surface area (Å²) >= 11 is 0. The third kappa shape index (κ3) is 1.28. The minimum atomic E-state index is 0.327. The van der Waals surface area contributed by atoms with E-state index in [4.69, 9.17) is 4.74 Å². The predicted molar refractivity (Wildman–Crippen MR) is 45.8 cm³/mol. The normalized spacial score (nSPS) is 38.9. The van der Waals surface area contributed by atoms with Crippen molar-refractivity contribution in [1.29, 1.82) is 0 Å². The molecule has 0 N–H and O–H groups in total. The van der Waals surface area contributed by atoms with E-state index < -0.39 is 0 Å². The van der Waals surface area contributed by atoms with Crippen LogP contribution in [0.3, 0.4) is 0 Å². The fourth-order valence-corrected chi connectivity index (χ4v) is 2.89. The molecule has 0 spiro atoms. The van der Waals surface area contributed by atoms with Crippen LogP contribution in [0.15, 0.2) is 0 Å². The summed E-state index contributed by atoms with van der Waals surface area (Å²) in [5.41, 5.74) is 0. The van der Waals surface area contributed by atoms with Crippen LogP contribution < -0.4 is 0 Å². The van der Waals surface area contributed by atoms with Crippen molar-refractivity contribution >= 4 is 5.78 Å². The maximum absolute atomic E-state index is 11.5. The number of hydrogen-bond donors (Lipinski definition) is 0. The summed E-state index contributed by atoms with van der Waals surface area (Å²) in [6, 6.07) is 0. The van der Waals surface area contributed by atoms with Crippen molar-refractivity contribution in [1.82, 2.24) is 0 Å². The van der Waals surface area contributed by atoms with E-state index in [-0.39, 0.29) is 0 Å². The number of hydrogen-bond acceptors (Lipinski definition) is 2. The summed E-state index contributed by atoms with van der Waals surface area (Å²) in [6.45, 7) is 0.327. The van der Waals surface area contributed by atoms with Crippen molar-refractivity contribution < 1.29 is 9.53 Å². The molecular formula is C10H16O2. The summed E-state index contributed by atoms with van der Waals surface area (Å²) in [4.78, 5) is 11.5. The fraction of sp³-hybridized carbons (Fsp3) is 0.900. The molecule has 2 aliphatic rings. The zero-order valence-electron chi connectivity index (χ0n) is 7.58. The first-order chi connectivity index (χ1) is 5.81. The van der Waals surface area contributed by atoms with Crippen LogP contribution in [-0.2, 0) is 9.53 Å². The lowest BCUT2D eigenvalue weighted by atomic mass is 9.86. The van der Waals surface area contributed by atoms with Crippen LogP contribution in [0.5, 0.6) is 0 Å². The SMILES string of the molecule is COCC(=O)C1CC2CCC1C2. The Morgan fingerprint density at radius 1 is 1.42 bits per heavy atom. The second-order valence-corrected chi connectivity index (χ2v) is 4.18. The Morgan fingerprint density at radius 3 is 2.75 bits per heavy atom. The highest BCUT2D eigenvalue weighted by molar-refractivity contribution is 5.82. The lowest BCUT2D eigenvalue weighted by Gasteiger charge is -2.19. The highest BCUT2D eigenvalue weighted by atomic mass is 16.5. The van der Waals surface area contributed by atoms with Gasteiger partial charge in [-0.2, -0.15) is 0 Å². The molecule has 0 saturated heterocycles. The van der Waals surface area contributed by atoms with E-state index in [2.05, 4.69) is 0 Å². The van der Waals surface area contributed by atoms with E-state index in [1.54, 1.807) is 7.11 Å². The molecule has 2 bridgehead atoms. The molecule has 2 rings (SSSR count). The average Bonchev–Trinajstić information content (AvgIpc) is 2.64. The van der Waals surface area contributed by atoms with Crippen molar-refractivity contribution in [3.05, 3.63) is 0 Å². The Hall–Kier alpha value is -0.370. The number of methoxy groups -OCH3 is 1. The van der Waals surface area contributed by atoms with Gasteiger partial charge in [0.2, 0.25) is 0 Å². The number of ether oxygens (including phenoxy) is 1. The second kappa shape index (κ2) is 3.17. The van der Waals surface area contributed by atoms with E-state index in [0.29, 0.717) is 24.2 Å². The molecule has 0 aromatic carbocycles. The van der Waals surface area contributed by atoms with Gasteiger partial charge < -0.3 is 4.74 Å². The van der Waals surface area contributed by atoms with Crippen LogP contribution in [0.4, 0.5) is 0 Å². The maximum Gasteiger partial charge on any atom is 0.161 e. The molecule has 2 saturated carbocycles. The van der Waals surface area contributed by atoms with E-state index >= 15 is 0 Å². The lowest BCUT2D eigenvalue weighted by Crippen LogP contribution is -2.24. The number of fused-ring (bicyclic) bond motifs is 2. The lowest BCUT2D eigenvalue weighted by molar-refractivity contribution is -0.128. The third-order valence-electron chi connectivity index (χ3n) is 3.44. The smallest absolute Gasteiger partial charge is 0.161 e. The average molecular weight is 168 g/mol. The second-order valence-electron chi connectivity index (χ2n) is 4.18. The quantitative estimate of drug-likeness (QED) is 0.640. The van der Waals surface area contributed by atoms with Gasteiger partial charge in [0.15, 0.2) is 5.78 Å². The minimum absolute atomic E-state index is 0.327. The van der Waals surface area contributed by atoms with Gasteiger partial charge in [0.25, 0.3) is 0 Å². The minimum Gasteiger partial charge on any atom is -0.377 e. The molecule has 2 fully saturated rings. The first kappa shape index (κ1) is 8.24. The van der Waals surface area contributed by atoms with Crippen LogP contribution in [0, 0.1) is 17.8 Å². The van der Waals surface area contributed by atoms with Gasteiger partial charge in [0.1, 0.15) is 6.61 Å². The van der Waals surface area contributed by atoms with Crippen LogP contribution >= 0.6 is 0 Å². The molecule has 0 aromatic heterocycles. The van der Waals surface area contributed by atoms with E-state index in [1.807, 2.05) is 0 Å². The first-order valence-electron chi connectivity index (χ1n) is 4.83. The Morgan fingerprint density at radius 2 is 2.25 bits per heavy atom. The van der Waals surface area contributed by atoms with Crippen molar-refractivity contribution in [2.75, 3.05) is 13.7 Å². The van der Waals surface area contributed by atoms with E-state index in [0.717, 1.165) is 12.3 Å². The number of rotatable bonds is 3. The van der Waals surface area contributed by atoms with Gasteiger partial charge in [-0.25, -0.2) is 0 Å². The zero-order chi connectivity index (χ0) is 8.55. The third-order valence-corrected chi connectivity index (χ3v) is 3.44. The zero-order valence-corrected chi connectivity index (χ0v) is 7.58. The van der Waals surface area contributed by atoms with Gasteiger partial charge in [-0.05, 0) is 31.1 Å². The summed E-state index contributed by atoms with van der Waals surface area (Å²) in [7, 11) is 1.60. The molecule has 0 amide bonds. The Balaban J connectivity index is 1.93. The van der Waals surface area contributed by atoms with Gasteiger partial charge in [0, 0.05) is 13.0 Å². The highest BCUT2D eigenvalue weighted by Crippen LogP contribution is 2.48. The molecule has 68 valence electrons. The predicted octanol–water partition coefficient (Wildman–Crippen LogP) is 1.64. The standard InChI is InChI=1S/C10H16O2/c1-12-6-10(11)9-5-7-2-3-8(9)4-7/h7-9H,2-6H2,1H3. The molecule has 0 heterocycles. The molecule has 0 aliphatic heterocycles. The van der Waals surface area contributed by atoms with Crippen molar-refractivity contribution in [2.24, 2.45) is 17.8 Å². The molecule has 2 aliphatic carbocycles. The topological polar surface area (TPSA) is 26.3 Å². The van der Waals surface area contributed by atoms with Gasteiger partial charge in [-0.1, -0.05) is 6.42 Å². The number of carbonyl (C=O) groups is 1. The Bertz CT molecular complexity index is 188. The van der Waals surface area contributed by atoms with Gasteiger partial charge in [-0.3, -0.25) is 4.79 Å². The maximum atomic E-state index is 11.5. The highest BCUT2D eigenvalue weighted by Gasteiger charge is 2.42. The molecule has 0 aromatic rings. The summed E-state index contributed by atoms with van der Waals surface area (Å²) < 4.78 is 4.87. The fourth-order valence-electron chi connectivity index (χ4n) is 2.89. The van der Waals surface area contributed by atoms with Crippen LogP contribution in [0.2, 0.25) is 0 Å². The van der Waals surface area contributed by atoms with Crippen molar-refractivity contribution in [2.45, 2.75) is 25.7 Å². The summed E-state index contributed by atoms with van der Waals surface area (Å²) in [5, 5.41) is 0. The summed E-state index contributed by atoms with van der Waals surface area (Å²) in [6.07, 6.45) is 5.10. The Labute approximate surface area is 73.3 Å². The van der Waals surface area contributed by atoms with Gasteiger partial charge >= 0.3 is 0 Å². The molecular weight excluding hydrogens is 152 g/mol. The van der Waals surface area contributed by atoms with Crippen LogP contribution in [-0.4, -0.2) is 19.5 Å². The Kier molecular flexibility index (Phi) is 2.18. The summed E-state index contributed by atoms with van der Waals surface area (Å²) in [5.74, 6) is 2.26. The van der Waals surface area contributed by atoms with Crippen molar-refractivity contribution in [3.8, 4) is 0 Å². The molecule has 2 heteroatoms. The van der Waals surface area contributed by atoms with Crippen LogP contribution in [0.1, 0.15) is 25.7 Å². The van der Waals surface area contributed by atoms with E-state index in [9.17, 15) is 4.79 Å². The largest absolute Gasteiger partial charge is 0.377 e. The monoisotopic (exact) mass is 168 g/mol. The first-order valence-corrected chi connectivity index (χ1v) is 4.83. The molecule has 3 atom stereocenters. The van der Waals surface area contributed by atoms with Gasteiger partial charge in [0.05, 0.1) is 0 Å². The number of carbonyl (C=O) groups excluding carboxylic acids is 1. The molecule has 12 heavy (non-hydrogen) atoms. The van der Waals surface area contributed by atoms with Crippen LogP contribution in [0.25, 0.3) is 0 Å². The van der Waals surface area contributed by atoms with Gasteiger partial charge in [-0.15, -0.1) is 0 Å².